The number of para-hydroxylation sites is 2. The lowest BCUT2D eigenvalue weighted by Gasteiger charge is -2.34. The van der Waals surface area contributed by atoms with Crippen LogP contribution in [-0.4, -0.2) is 36.6 Å². The zero-order valence-corrected chi connectivity index (χ0v) is 16.1. The number of carbonyl (C=O) groups excluding carboxylic acids is 1. The summed E-state index contributed by atoms with van der Waals surface area (Å²) < 4.78 is 11.4. The summed E-state index contributed by atoms with van der Waals surface area (Å²) in [5.74, 6) is 2.60. The van der Waals surface area contributed by atoms with Crippen LogP contribution >= 0.6 is 0 Å². The normalized spacial score (nSPS) is 21.0. The smallest absolute Gasteiger partial charge is 0.222 e. The first-order chi connectivity index (χ1) is 12.8. The molecule has 2 fully saturated rings. The Labute approximate surface area is 157 Å². The van der Waals surface area contributed by atoms with Gasteiger partial charge in [0.1, 0.15) is 0 Å². The average Bonchev–Trinajstić information content (AvgIpc) is 3.17. The Balaban J connectivity index is 1.44. The van der Waals surface area contributed by atoms with Gasteiger partial charge in [-0.3, -0.25) is 4.79 Å². The molecule has 0 radical (unpaired) electrons. The summed E-state index contributed by atoms with van der Waals surface area (Å²) >= 11 is 0. The molecule has 2 aliphatic rings. The molecular formula is C22H33NO3. The maximum Gasteiger partial charge on any atom is 0.222 e. The minimum atomic E-state index is 0.319. The van der Waals surface area contributed by atoms with Crippen LogP contribution in [0.15, 0.2) is 24.3 Å². The molecule has 1 atom stereocenters. The molecule has 1 heterocycles. The van der Waals surface area contributed by atoms with Gasteiger partial charge in [-0.2, -0.15) is 0 Å². The van der Waals surface area contributed by atoms with Crippen molar-refractivity contribution in [1.82, 2.24) is 4.90 Å². The fraction of sp³-hybridized carbons (Fsp3) is 0.682. The van der Waals surface area contributed by atoms with E-state index in [9.17, 15) is 4.79 Å². The highest BCUT2D eigenvalue weighted by Crippen LogP contribution is 2.34. The number of ether oxygens (including phenoxy) is 2. The van der Waals surface area contributed by atoms with Crippen molar-refractivity contribution < 1.29 is 14.3 Å². The van der Waals surface area contributed by atoms with Crippen LogP contribution in [0.1, 0.15) is 64.7 Å². The fourth-order valence-electron chi connectivity index (χ4n) is 4.50. The minimum absolute atomic E-state index is 0.319. The van der Waals surface area contributed by atoms with Gasteiger partial charge in [0.05, 0.1) is 13.2 Å². The monoisotopic (exact) mass is 359 g/mol. The van der Waals surface area contributed by atoms with Gasteiger partial charge in [-0.1, -0.05) is 31.4 Å². The molecule has 26 heavy (non-hydrogen) atoms. The molecular weight excluding hydrogens is 326 g/mol. The van der Waals surface area contributed by atoms with Crippen molar-refractivity contribution >= 4 is 5.91 Å². The molecule has 4 heteroatoms. The molecule has 4 nitrogen and oxygen atoms in total. The van der Waals surface area contributed by atoms with Gasteiger partial charge in [-0.25, -0.2) is 0 Å². The summed E-state index contributed by atoms with van der Waals surface area (Å²) in [4.78, 5) is 14.9. The van der Waals surface area contributed by atoms with Crippen molar-refractivity contribution in [2.75, 3.05) is 19.8 Å². The molecule has 0 unspecified atom stereocenters. The van der Waals surface area contributed by atoms with Gasteiger partial charge < -0.3 is 14.4 Å². The lowest BCUT2D eigenvalue weighted by molar-refractivity contribution is -0.133. The van der Waals surface area contributed by atoms with Gasteiger partial charge in [0.25, 0.3) is 0 Å². The van der Waals surface area contributed by atoms with Crippen molar-refractivity contribution in [3.05, 3.63) is 24.3 Å². The summed E-state index contributed by atoms with van der Waals surface area (Å²) in [5.41, 5.74) is 0. The second-order valence-corrected chi connectivity index (χ2v) is 7.53. The van der Waals surface area contributed by atoms with Crippen LogP contribution in [-0.2, 0) is 4.79 Å². The number of likely N-dealkylation sites (tertiary alicyclic amines) is 1. The van der Waals surface area contributed by atoms with Crippen molar-refractivity contribution in [3.63, 3.8) is 0 Å². The van der Waals surface area contributed by atoms with E-state index in [0.717, 1.165) is 30.4 Å². The number of rotatable bonds is 8. The van der Waals surface area contributed by atoms with Crippen molar-refractivity contribution in [2.45, 2.75) is 70.8 Å². The van der Waals surface area contributed by atoms with Crippen LogP contribution in [0.4, 0.5) is 0 Å². The van der Waals surface area contributed by atoms with Crippen molar-refractivity contribution in [2.24, 2.45) is 5.92 Å². The Kier molecular flexibility index (Phi) is 7.22. The number of benzene rings is 1. The Bertz CT molecular complexity index is 568. The molecule has 3 rings (SSSR count). The van der Waals surface area contributed by atoms with E-state index in [-0.39, 0.29) is 0 Å². The Hall–Kier alpha value is -1.71. The maximum atomic E-state index is 12.7. The van der Waals surface area contributed by atoms with E-state index in [1.54, 1.807) is 0 Å². The second-order valence-electron chi connectivity index (χ2n) is 7.53. The first-order valence-electron chi connectivity index (χ1n) is 10.4. The third kappa shape index (κ3) is 4.93. The largest absolute Gasteiger partial charge is 0.490 e. The topological polar surface area (TPSA) is 38.8 Å². The Morgan fingerprint density at radius 2 is 1.77 bits per heavy atom. The zero-order chi connectivity index (χ0) is 18.2. The van der Waals surface area contributed by atoms with Gasteiger partial charge >= 0.3 is 0 Å². The number of carbonyl (C=O) groups is 1. The molecule has 0 spiro atoms. The van der Waals surface area contributed by atoms with Crippen LogP contribution in [0.5, 0.6) is 11.5 Å². The van der Waals surface area contributed by atoms with Gasteiger partial charge in [0.2, 0.25) is 5.91 Å². The average molecular weight is 360 g/mol. The van der Waals surface area contributed by atoms with E-state index in [1.165, 1.54) is 44.9 Å². The predicted octanol–water partition coefficient (Wildman–Crippen LogP) is 4.82. The van der Waals surface area contributed by atoms with Crippen LogP contribution < -0.4 is 9.47 Å². The molecule has 1 aromatic rings. The minimum Gasteiger partial charge on any atom is -0.490 e. The fourth-order valence-corrected chi connectivity index (χ4v) is 4.50. The molecule has 1 aliphatic heterocycles. The standard InChI is InChI=1S/C22H33NO3/c1-2-25-20-13-6-7-14-21(20)26-17-9-15-22(24)23-16-8-12-19(23)18-10-4-3-5-11-18/h6-7,13-14,18-19H,2-5,8-12,15-17H2,1H3/t19-/m0/s1. The SMILES string of the molecule is CCOc1ccccc1OCCCC(=O)N1CCC[C@H]1C1CCCCC1. The lowest BCUT2D eigenvalue weighted by atomic mass is 9.83. The summed E-state index contributed by atoms with van der Waals surface area (Å²) in [6, 6.07) is 8.24. The van der Waals surface area contributed by atoms with E-state index in [4.69, 9.17) is 9.47 Å². The molecule has 0 N–H and O–H groups in total. The summed E-state index contributed by atoms with van der Waals surface area (Å²) in [7, 11) is 0. The first kappa shape index (κ1) is 19.1. The van der Waals surface area contributed by atoms with E-state index in [1.807, 2.05) is 31.2 Å². The van der Waals surface area contributed by atoms with Crippen LogP contribution in [0.2, 0.25) is 0 Å². The van der Waals surface area contributed by atoms with E-state index in [0.29, 0.717) is 31.6 Å². The molecule has 0 aromatic heterocycles. The number of hydrogen-bond donors (Lipinski definition) is 0. The number of amides is 1. The highest BCUT2D eigenvalue weighted by Gasteiger charge is 2.34. The Morgan fingerprint density at radius 3 is 2.50 bits per heavy atom. The van der Waals surface area contributed by atoms with Crippen molar-refractivity contribution in [3.8, 4) is 11.5 Å². The third-order valence-corrected chi connectivity index (χ3v) is 5.76. The molecule has 1 saturated heterocycles. The molecule has 1 aliphatic carbocycles. The van der Waals surface area contributed by atoms with Gasteiger partial charge in [0.15, 0.2) is 11.5 Å². The van der Waals surface area contributed by atoms with Crippen LogP contribution in [0.3, 0.4) is 0 Å². The van der Waals surface area contributed by atoms with Gasteiger partial charge in [0, 0.05) is 19.0 Å². The first-order valence-corrected chi connectivity index (χ1v) is 10.4. The van der Waals surface area contributed by atoms with Gasteiger partial charge in [-0.15, -0.1) is 0 Å². The Morgan fingerprint density at radius 1 is 1.04 bits per heavy atom. The number of hydrogen-bond acceptors (Lipinski definition) is 3. The molecule has 1 amide bonds. The summed E-state index contributed by atoms with van der Waals surface area (Å²) in [5, 5.41) is 0. The molecule has 1 aromatic carbocycles. The maximum absolute atomic E-state index is 12.7. The third-order valence-electron chi connectivity index (χ3n) is 5.76. The molecule has 144 valence electrons. The van der Waals surface area contributed by atoms with Gasteiger partial charge in [-0.05, 0) is 57.1 Å². The molecule has 0 bridgehead atoms. The van der Waals surface area contributed by atoms with E-state index in [2.05, 4.69) is 4.90 Å². The van der Waals surface area contributed by atoms with E-state index >= 15 is 0 Å². The summed E-state index contributed by atoms with van der Waals surface area (Å²) in [6.45, 7) is 4.09. The van der Waals surface area contributed by atoms with Crippen LogP contribution in [0.25, 0.3) is 0 Å². The highest BCUT2D eigenvalue weighted by atomic mass is 16.5. The molecule has 1 saturated carbocycles. The summed E-state index contributed by atoms with van der Waals surface area (Å²) in [6.07, 6.45) is 10.4. The highest BCUT2D eigenvalue weighted by molar-refractivity contribution is 5.76. The van der Waals surface area contributed by atoms with Crippen LogP contribution in [0, 0.1) is 5.92 Å². The van der Waals surface area contributed by atoms with E-state index < -0.39 is 0 Å². The quantitative estimate of drug-likeness (QED) is 0.625. The second kappa shape index (κ2) is 9.84. The van der Waals surface area contributed by atoms with Crippen molar-refractivity contribution in [1.29, 1.82) is 0 Å². The lowest BCUT2D eigenvalue weighted by Crippen LogP contribution is -2.40. The zero-order valence-electron chi connectivity index (χ0n) is 16.1. The number of nitrogens with zero attached hydrogens (tertiary/aromatic N) is 1. The predicted molar refractivity (Wildman–Crippen MR) is 104 cm³/mol.